The van der Waals surface area contributed by atoms with Crippen LogP contribution < -0.4 is 10.2 Å². The van der Waals surface area contributed by atoms with Gasteiger partial charge in [0.15, 0.2) is 0 Å². The molecule has 0 aromatic heterocycles. The lowest BCUT2D eigenvalue weighted by molar-refractivity contribution is 0.484. The Kier molecular flexibility index (Phi) is 4.29. The highest BCUT2D eigenvalue weighted by molar-refractivity contribution is 6.74. The lowest BCUT2D eigenvalue weighted by Crippen LogP contribution is -2.44. The first-order valence-electron chi connectivity index (χ1n) is 6.57. The van der Waals surface area contributed by atoms with Crippen LogP contribution in [0.2, 0.25) is 18.1 Å². The van der Waals surface area contributed by atoms with Gasteiger partial charge in [-0.05, 0) is 37.5 Å². The molecule has 0 unspecified atom stereocenters. The summed E-state index contributed by atoms with van der Waals surface area (Å²) in [6.45, 7) is 16.0. The second-order valence-electron chi connectivity index (χ2n) is 6.64. The van der Waals surface area contributed by atoms with Gasteiger partial charge in [0.1, 0.15) is 5.75 Å². The maximum atomic E-state index is 6.43. The van der Waals surface area contributed by atoms with Crippen LogP contribution in [0.4, 0.5) is 0 Å². The number of hydrogen-bond donors (Lipinski definition) is 1. The zero-order chi connectivity index (χ0) is 14.1. The summed E-state index contributed by atoms with van der Waals surface area (Å²) >= 11 is 0. The molecular formula is C15H27NOSi. The summed E-state index contributed by atoms with van der Waals surface area (Å²) in [4.78, 5) is 0. The lowest BCUT2D eigenvalue weighted by atomic mass is 10.1. The van der Waals surface area contributed by atoms with Gasteiger partial charge >= 0.3 is 0 Å². The molecule has 0 fully saturated rings. The van der Waals surface area contributed by atoms with Gasteiger partial charge < -0.3 is 10.2 Å². The molecule has 0 saturated carbocycles. The van der Waals surface area contributed by atoms with Gasteiger partial charge in [0, 0.05) is 12.1 Å². The van der Waals surface area contributed by atoms with Crippen molar-refractivity contribution in [2.45, 2.75) is 59.3 Å². The molecule has 2 nitrogen and oxygen atoms in total. The molecular weight excluding hydrogens is 238 g/mol. The van der Waals surface area contributed by atoms with Gasteiger partial charge in [0.25, 0.3) is 8.32 Å². The summed E-state index contributed by atoms with van der Waals surface area (Å²) in [6.07, 6.45) is 0. The molecule has 2 N–H and O–H groups in total. The highest BCUT2D eigenvalue weighted by atomic mass is 28.4. The third-order valence-electron chi connectivity index (χ3n) is 3.88. The van der Waals surface area contributed by atoms with Crippen LogP contribution in [0, 0.1) is 13.8 Å². The molecule has 1 rings (SSSR count). The van der Waals surface area contributed by atoms with Crippen molar-refractivity contribution >= 4 is 8.32 Å². The van der Waals surface area contributed by atoms with E-state index < -0.39 is 8.32 Å². The average Bonchev–Trinajstić information content (AvgIpc) is 2.19. The van der Waals surface area contributed by atoms with Crippen molar-refractivity contribution in [1.82, 2.24) is 0 Å². The lowest BCUT2D eigenvalue weighted by Gasteiger charge is -2.37. The fourth-order valence-corrected chi connectivity index (χ4v) is 2.86. The first-order valence-corrected chi connectivity index (χ1v) is 9.48. The van der Waals surface area contributed by atoms with Crippen LogP contribution in [0.15, 0.2) is 12.1 Å². The fraction of sp³-hybridized carbons (Fsp3) is 0.600. The standard InChI is InChI=1S/C15H27NOSi/c1-11-8-12(2)14(13(9-11)10-16)17-18(6,7)15(3,4)5/h8-9H,10,16H2,1-7H3. The Morgan fingerprint density at radius 3 is 2.17 bits per heavy atom. The van der Waals surface area contributed by atoms with Crippen LogP contribution in [0.25, 0.3) is 0 Å². The van der Waals surface area contributed by atoms with E-state index in [2.05, 4.69) is 59.8 Å². The molecule has 1 aromatic carbocycles. The van der Waals surface area contributed by atoms with Crippen LogP contribution in [-0.4, -0.2) is 8.32 Å². The van der Waals surface area contributed by atoms with Gasteiger partial charge in [-0.2, -0.15) is 0 Å². The zero-order valence-corrected chi connectivity index (χ0v) is 13.8. The average molecular weight is 265 g/mol. The Balaban J connectivity index is 3.19. The second kappa shape index (κ2) is 5.06. The number of aryl methyl sites for hydroxylation is 2. The summed E-state index contributed by atoms with van der Waals surface area (Å²) in [5.74, 6) is 1.01. The van der Waals surface area contributed by atoms with Gasteiger partial charge in [0.2, 0.25) is 0 Å². The molecule has 18 heavy (non-hydrogen) atoms. The van der Waals surface area contributed by atoms with Gasteiger partial charge in [-0.15, -0.1) is 0 Å². The van der Waals surface area contributed by atoms with E-state index in [0.29, 0.717) is 6.54 Å². The van der Waals surface area contributed by atoms with E-state index in [0.717, 1.165) is 11.3 Å². The predicted octanol–water partition coefficient (Wildman–Crippen LogP) is 4.15. The second-order valence-corrected chi connectivity index (χ2v) is 11.4. The topological polar surface area (TPSA) is 35.2 Å². The van der Waals surface area contributed by atoms with Crippen molar-refractivity contribution in [3.05, 3.63) is 28.8 Å². The van der Waals surface area contributed by atoms with Crippen LogP contribution in [0.5, 0.6) is 5.75 Å². The third-order valence-corrected chi connectivity index (χ3v) is 8.21. The number of nitrogens with two attached hydrogens (primary N) is 1. The van der Waals surface area contributed by atoms with Crippen LogP contribution in [0.1, 0.15) is 37.5 Å². The van der Waals surface area contributed by atoms with Gasteiger partial charge in [0.05, 0.1) is 0 Å². The molecule has 0 atom stereocenters. The summed E-state index contributed by atoms with van der Waals surface area (Å²) in [7, 11) is -1.80. The van der Waals surface area contributed by atoms with E-state index in [1.807, 2.05) is 0 Å². The largest absolute Gasteiger partial charge is 0.543 e. The first-order chi connectivity index (χ1) is 8.08. The highest BCUT2D eigenvalue weighted by Gasteiger charge is 2.39. The highest BCUT2D eigenvalue weighted by Crippen LogP contribution is 2.39. The maximum Gasteiger partial charge on any atom is 0.250 e. The van der Waals surface area contributed by atoms with Crippen molar-refractivity contribution < 1.29 is 4.43 Å². The molecule has 0 spiro atoms. The quantitative estimate of drug-likeness (QED) is 0.833. The van der Waals surface area contributed by atoms with Crippen LogP contribution in [0.3, 0.4) is 0 Å². The summed E-state index contributed by atoms with van der Waals surface area (Å²) in [6, 6.07) is 4.30. The minimum absolute atomic E-state index is 0.205. The minimum Gasteiger partial charge on any atom is -0.543 e. The van der Waals surface area contributed by atoms with Gasteiger partial charge in [-0.3, -0.25) is 0 Å². The van der Waals surface area contributed by atoms with Crippen molar-refractivity contribution in [2.24, 2.45) is 5.73 Å². The Morgan fingerprint density at radius 2 is 1.72 bits per heavy atom. The molecule has 0 aliphatic heterocycles. The fourth-order valence-electron chi connectivity index (χ4n) is 1.75. The minimum atomic E-state index is -1.80. The van der Waals surface area contributed by atoms with Crippen molar-refractivity contribution in [3.63, 3.8) is 0 Å². The molecule has 1 aromatic rings. The molecule has 0 aliphatic rings. The summed E-state index contributed by atoms with van der Waals surface area (Å²) < 4.78 is 6.43. The number of hydrogen-bond acceptors (Lipinski definition) is 2. The first kappa shape index (κ1) is 15.3. The van der Waals surface area contributed by atoms with Crippen molar-refractivity contribution in [1.29, 1.82) is 0 Å². The third kappa shape index (κ3) is 3.15. The molecule has 0 bridgehead atoms. The number of benzene rings is 1. The van der Waals surface area contributed by atoms with Gasteiger partial charge in [-0.25, -0.2) is 0 Å². The monoisotopic (exact) mass is 265 g/mol. The van der Waals surface area contributed by atoms with E-state index in [-0.39, 0.29) is 5.04 Å². The number of rotatable bonds is 3. The molecule has 0 saturated heterocycles. The molecule has 0 aliphatic carbocycles. The summed E-state index contributed by atoms with van der Waals surface area (Å²) in [5.41, 5.74) is 9.41. The summed E-state index contributed by atoms with van der Waals surface area (Å²) in [5, 5.41) is 0.205. The normalized spacial score (nSPS) is 12.7. The Morgan fingerprint density at radius 1 is 1.17 bits per heavy atom. The van der Waals surface area contributed by atoms with Crippen LogP contribution in [-0.2, 0) is 6.54 Å². The van der Waals surface area contributed by atoms with E-state index in [9.17, 15) is 0 Å². The molecule has 0 amide bonds. The predicted molar refractivity (Wildman–Crippen MR) is 81.6 cm³/mol. The van der Waals surface area contributed by atoms with E-state index in [1.165, 1.54) is 11.1 Å². The Labute approximate surface area is 113 Å². The molecule has 0 radical (unpaired) electrons. The van der Waals surface area contributed by atoms with Gasteiger partial charge in [-0.1, -0.05) is 38.5 Å². The van der Waals surface area contributed by atoms with E-state index in [4.69, 9.17) is 10.2 Å². The SMILES string of the molecule is Cc1cc(C)c(O[Si](C)(C)C(C)(C)C)c(CN)c1. The Hall–Kier alpha value is -0.803. The van der Waals surface area contributed by atoms with Crippen molar-refractivity contribution in [3.8, 4) is 5.75 Å². The van der Waals surface area contributed by atoms with Crippen molar-refractivity contribution in [2.75, 3.05) is 0 Å². The zero-order valence-electron chi connectivity index (χ0n) is 12.8. The smallest absolute Gasteiger partial charge is 0.250 e. The Bertz CT molecular complexity index is 433. The molecule has 0 heterocycles. The van der Waals surface area contributed by atoms with Crippen LogP contribution >= 0.6 is 0 Å². The van der Waals surface area contributed by atoms with E-state index >= 15 is 0 Å². The maximum absolute atomic E-state index is 6.43. The molecule has 102 valence electrons. The van der Waals surface area contributed by atoms with E-state index in [1.54, 1.807) is 0 Å². The molecule has 3 heteroatoms.